The number of hydrogen-bond donors (Lipinski definition) is 3. The fourth-order valence-corrected chi connectivity index (χ4v) is 1.46. The number of benzene rings is 1. The molecule has 0 aliphatic rings. The Kier molecular flexibility index (Phi) is 3.96. The Hall–Kier alpha value is -1.81. The highest BCUT2D eigenvalue weighted by Crippen LogP contribution is 2.03. The van der Waals surface area contributed by atoms with Crippen molar-refractivity contribution >= 4 is 5.69 Å². The van der Waals surface area contributed by atoms with Gasteiger partial charge in [0.05, 0.1) is 0 Å². The molecule has 84 valence electrons. The number of aromatic nitrogens is 2. The van der Waals surface area contributed by atoms with Crippen LogP contribution < -0.4 is 10.6 Å². The van der Waals surface area contributed by atoms with Gasteiger partial charge in [0.25, 0.3) is 0 Å². The molecule has 16 heavy (non-hydrogen) atoms. The summed E-state index contributed by atoms with van der Waals surface area (Å²) in [5.74, 6) is 0. The van der Waals surface area contributed by atoms with E-state index in [9.17, 15) is 0 Å². The van der Waals surface area contributed by atoms with E-state index in [1.807, 2.05) is 24.3 Å². The minimum atomic E-state index is 0.830. The fraction of sp³-hybridized carbons (Fsp3) is 0.250. The standard InChI is InChI=1S/C12H16N4/c1-2-4-11(5-3-1)14-9-8-13-10-12-6-7-15-16-12/h1-7,13-14H,8-10H2,(H,15,16). The number of nitrogens with one attached hydrogen (secondary N) is 3. The Bertz CT molecular complexity index is 383. The van der Waals surface area contributed by atoms with Crippen LogP contribution in [0.2, 0.25) is 0 Å². The van der Waals surface area contributed by atoms with Crippen molar-refractivity contribution in [2.45, 2.75) is 6.54 Å². The van der Waals surface area contributed by atoms with Gasteiger partial charge in [-0.25, -0.2) is 0 Å². The van der Waals surface area contributed by atoms with E-state index in [0.717, 1.165) is 31.0 Å². The number of nitrogens with zero attached hydrogens (tertiary/aromatic N) is 1. The zero-order valence-corrected chi connectivity index (χ0v) is 9.11. The summed E-state index contributed by atoms with van der Waals surface area (Å²) < 4.78 is 0. The van der Waals surface area contributed by atoms with Crippen LogP contribution in [-0.2, 0) is 6.54 Å². The van der Waals surface area contributed by atoms with Gasteiger partial charge >= 0.3 is 0 Å². The van der Waals surface area contributed by atoms with E-state index in [4.69, 9.17) is 0 Å². The molecule has 0 aliphatic heterocycles. The number of para-hydroxylation sites is 1. The van der Waals surface area contributed by atoms with Gasteiger partial charge in [-0.05, 0) is 18.2 Å². The van der Waals surface area contributed by atoms with Crippen molar-refractivity contribution in [1.29, 1.82) is 0 Å². The lowest BCUT2D eigenvalue weighted by molar-refractivity contribution is 0.690. The molecule has 4 nitrogen and oxygen atoms in total. The van der Waals surface area contributed by atoms with Crippen LogP contribution in [0.4, 0.5) is 5.69 Å². The van der Waals surface area contributed by atoms with Crippen LogP contribution in [0.1, 0.15) is 5.69 Å². The van der Waals surface area contributed by atoms with Crippen molar-refractivity contribution in [1.82, 2.24) is 15.5 Å². The van der Waals surface area contributed by atoms with E-state index in [1.54, 1.807) is 6.20 Å². The summed E-state index contributed by atoms with van der Waals surface area (Å²) in [6.45, 7) is 2.67. The third-order valence-corrected chi connectivity index (χ3v) is 2.28. The Balaban J connectivity index is 1.59. The normalized spacial score (nSPS) is 10.2. The first kappa shape index (κ1) is 10.7. The minimum absolute atomic E-state index is 0.830. The van der Waals surface area contributed by atoms with Crippen LogP contribution in [0.3, 0.4) is 0 Å². The summed E-state index contributed by atoms with van der Waals surface area (Å²) in [4.78, 5) is 0. The summed E-state index contributed by atoms with van der Waals surface area (Å²) in [6.07, 6.45) is 1.76. The smallest absolute Gasteiger partial charge is 0.0490 e. The highest BCUT2D eigenvalue weighted by molar-refractivity contribution is 5.42. The molecule has 1 aromatic heterocycles. The first-order chi connectivity index (χ1) is 7.95. The van der Waals surface area contributed by atoms with Crippen molar-refractivity contribution in [2.75, 3.05) is 18.4 Å². The molecule has 2 aromatic rings. The molecule has 0 atom stereocenters. The second-order valence-electron chi connectivity index (χ2n) is 3.55. The van der Waals surface area contributed by atoms with Crippen LogP contribution in [0, 0.1) is 0 Å². The van der Waals surface area contributed by atoms with Crippen molar-refractivity contribution in [2.24, 2.45) is 0 Å². The monoisotopic (exact) mass is 216 g/mol. The van der Waals surface area contributed by atoms with Gasteiger partial charge < -0.3 is 10.6 Å². The van der Waals surface area contributed by atoms with Crippen LogP contribution >= 0.6 is 0 Å². The number of rotatable bonds is 6. The van der Waals surface area contributed by atoms with Gasteiger partial charge in [0.2, 0.25) is 0 Å². The predicted octanol–water partition coefficient (Wildman–Crippen LogP) is 1.61. The molecule has 4 heteroatoms. The van der Waals surface area contributed by atoms with E-state index >= 15 is 0 Å². The molecule has 0 spiro atoms. The SMILES string of the molecule is c1ccc(NCCNCc2ccn[nH]2)cc1. The lowest BCUT2D eigenvalue weighted by Gasteiger charge is -2.06. The molecule has 1 heterocycles. The van der Waals surface area contributed by atoms with Crippen molar-refractivity contribution in [3.63, 3.8) is 0 Å². The first-order valence-corrected chi connectivity index (χ1v) is 5.43. The Morgan fingerprint density at radius 3 is 2.69 bits per heavy atom. The maximum atomic E-state index is 3.89. The number of H-pyrrole nitrogens is 1. The largest absolute Gasteiger partial charge is 0.384 e. The van der Waals surface area contributed by atoms with Gasteiger partial charge in [0.15, 0.2) is 0 Å². The predicted molar refractivity (Wildman–Crippen MR) is 65.2 cm³/mol. The van der Waals surface area contributed by atoms with Gasteiger partial charge in [-0.3, -0.25) is 5.10 Å². The Labute approximate surface area is 95.1 Å². The number of hydrogen-bond acceptors (Lipinski definition) is 3. The third-order valence-electron chi connectivity index (χ3n) is 2.28. The molecular formula is C12H16N4. The Morgan fingerprint density at radius 2 is 1.94 bits per heavy atom. The summed E-state index contributed by atoms with van der Waals surface area (Å²) >= 11 is 0. The summed E-state index contributed by atoms with van der Waals surface area (Å²) in [7, 11) is 0. The van der Waals surface area contributed by atoms with E-state index < -0.39 is 0 Å². The van der Waals surface area contributed by atoms with Gasteiger partial charge in [-0.2, -0.15) is 5.10 Å². The molecule has 2 rings (SSSR count). The second-order valence-corrected chi connectivity index (χ2v) is 3.55. The van der Waals surface area contributed by atoms with Gasteiger partial charge in [0.1, 0.15) is 0 Å². The number of aromatic amines is 1. The van der Waals surface area contributed by atoms with Gasteiger partial charge in [-0.1, -0.05) is 18.2 Å². The topological polar surface area (TPSA) is 52.7 Å². The zero-order valence-electron chi connectivity index (χ0n) is 9.11. The highest BCUT2D eigenvalue weighted by Gasteiger charge is 1.92. The van der Waals surface area contributed by atoms with Crippen LogP contribution in [-0.4, -0.2) is 23.3 Å². The fourth-order valence-electron chi connectivity index (χ4n) is 1.46. The average Bonchev–Trinajstić information content (AvgIpc) is 2.83. The molecule has 0 radical (unpaired) electrons. The summed E-state index contributed by atoms with van der Waals surface area (Å²) in [6, 6.07) is 12.2. The molecule has 0 aliphatic carbocycles. The summed E-state index contributed by atoms with van der Waals surface area (Å²) in [5.41, 5.74) is 2.27. The molecule has 0 bridgehead atoms. The van der Waals surface area contributed by atoms with Crippen molar-refractivity contribution in [3.8, 4) is 0 Å². The minimum Gasteiger partial charge on any atom is -0.384 e. The van der Waals surface area contributed by atoms with E-state index in [1.165, 1.54) is 0 Å². The lowest BCUT2D eigenvalue weighted by Crippen LogP contribution is -2.21. The Morgan fingerprint density at radius 1 is 1.06 bits per heavy atom. The molecule has 0 saturated carbocycles. The molecule has 0 fully saturated rings. The van der Waals surface area contributed by atoms with E-state index in [0.29, 0.717) is 0 Å². The summed E-state index contributed by atoms with van der Waals surface area (Å²) in [5, 5.41) is 13.5. The van der Waals surface area contributed by atoms with Crippen LogP contribution in [0.25, 0.3) is 0 Å². The molecule has 3 N–H and O–H groups in total. The quantitative estimate of drug-likeness (QED) is 0.643. The van der Waals surface area contributed by atoms with Gasteiger partial charge in [0, 0.05) is 37.2 Å². The van der Waals surface area contributed by atoms with Crippen LogP contribution in [0.15, 0.2) is 42.6 Å². The van der Waals surface area contributed by atoms with Crippen molar-refractivity contribution in [3.05, 3.63) is 48.3 Å². The molecular weight excluding hydrogens is 200 g/mol. The van der Waals surface area contributed by atoms with Crippen LogP contribution in [0.5, 0.6) is 0 Å². The van der Waals surface area contributed by atoms with E-state index in [-0.39, 0.29) is 0 Å². The third kappa shape index (κ3) is 3.40. The average molecular weight is 216 g/mol. The van der Waals surface area contributed by atoms with Crippen molar-refractivity contribution < 1.29 is 0 Å². The zero-order chi connectivity index (χ0) is 11.1. The molecule has 0 amide bonds. The lowest BCUT2D eigenvalue weighted by atomic mass is 10.3. The van der Waals surface area contributed by atoms with Gasteiger partial charge in [-0.15, -0.1) is 0 Å². The molecule has 0 saturated heterocycles. The maximum Gasteiger partial charge on any atom is 0.0490 e. The second kappa shape index (κ2) is 5.92. The molecule has 1 aromatic carbocycles. The molecule has 0 unspecified atom stereocenters. The van der Waals surface area contributed by atoms with E-state index in [2.05, 4.69) is 33.0 Å². The maximum absolute atomic E-state index is 3.89. The highest BCUT2D eigenvalue weighted by atomic mass is 15.1. The first-order valence-electron chi connectivity index (χ1n) is 5.43. The number of anilines is 1.